The number of benzene rings is 3. The van der Waals surface area contributed by atoms with E-state index in [1.54, 1.807) is 39.0 Å². The maximum atomic E-state index is 12.3. The van der Waals surface area contributed by atoms with Gasteiger partial charge in [-0.15, -0.1) is 0 Å². The largest absolute Gasteiger partial charge is 0.491 e. The fourth-order valence-corrected chi connectivity index (χ4v) is 3.31. The lowest BCUT2D eigenvalue weighted by molar-refractivity contribution is 0.0485. The van der Waals surface area contributed by atoms with Crippen LogP contribution in [-0.2, 0) is 11.2 Å². The van der Waals surface area contributed by atoms with Crippen molar-refractivity contribution in [2.75, 3.05) is 6.61 Å². The quantitative estimate of drug-likeness (QED) is 0.557. The zero-order chi connectivity index (χ0) is 22.4. The summed E-state index contributed by atoms with van der Waals surface area (Å²) in [7, 11) is 0. The molecule has 31 heavy (non-hydrogen) atoms. The Morgan fingerprint density at radius 1 is 0.968 bits per heavy atom. The summed E-state index contributed by atoms with van der Waals surface area (Å²) in [6, 6.07) is 20.0. The van der Waals surface area contributed by atoms with Crippen molar-refractivity contribution in [2.45, 2.75) is 38.8 Å². The smallest absolute Gasteiger partial charge is 0.408 e. The van der Waals surface area contributed by atoms with Crippen LogP contribution < -0.4 is 10.1 Å². The molecule has 0 spiro atoms. The van der Waals surface area contributed by atoms with Crippen molar-refractivity contribution in [3.63, 3.8) is 0 Å². The van der Waals surface area contributed by atoms with Crippen LogP contribution in [0, 0.1) is 0 Å². The van der Waals surface area contributed by atoms with Gasteiger partial charge in [-0.25, -0.2) is 9.59 Å². The Morgan fingerprint density at radius 3 is 2.32 bits per heavy atom. The predicted molar refractivity (Wildman–Crippen MR) is 120 cm³/mol. The number of hydrogen-bond donors (Lipinski definition) is 2. The fourth-order valence-electron chi connectivity index (χ4n) is 3.31. The molecule has 3 rings (SSSR count). The van der Waals surface area contributed by atoms with Gasteiger partial charge in [-0.3, -0.25) is 0 Å². The third-order valence-electron chi connectivity index (χ3n) is 4.59. The lowest BCUT2D eigenvalue weighted by Gasteiger charge is -2.24. The number of fused-ring (bicyclic) bond motifs is 1. The van der Waals surface area contributed by atoms with E-state index in [0.29, 0.717) is 11.8 Å². The highest BCUT2D eigenvalue weighted by Gasteiger charge is 2.22. The number of carbonyl (C=O) groups is 2. The highest BCUT2D eigenvalue weighted by molar-refractivity contribution is 6.06. The van der Waals surface area contributed by atoms with Crippen LogP contribution in [0.1, 0.15) is 36.7 Å². The van der Waals surface area contributed by atoms with E-state index in [-0.39, 0.29) is 17.9 Å². The van der Waals surface area contributed by atoms with Gasteiger partial charge in [-0.2, -0.15) is 0 Å². The number of ether oxygens (including phenoxy) is 2. The van der Waals surface area contributed by atoms with Gasteiger partial charge in [0.25, 0.3) is 0 Å². The summed E-state index contributed by atoms with van der Waals surface area (Å²) in [4.78, 5) is 24.3. The maximum Gasteiger partial charge on any atom is 0.408 e. The number of nitrogens with one attached hydrogen (secondary N) is 1. The lowest BCUT2D eigenvalue weighted by Crippen LogP contribution is -2.43. The van der Waals surface area contributed by atoms with Crippen LogP contribution >= 0.6 is 0 Å². The second-order valence-electron chi connectivity index (χ2n) is 8.31. The maximum absolute atomic E-state index is 12.3. The third-order valence-corrected chi connectivity index (χ3v) is 4.59. The molecule has 2 N–H and O–H groups in total. The van der Waals surface area contributed by atoms with E-state index in [4.69, 9.17) is 9.47 Å². The second-order valence-corrected chi connectivity index (χ2v) is 8.31. The molecule has 0 heterocycles. The monoisotopic (exact) mass is 421 g/mol. The Hall–Kier alpha value is -3.54. The summed E-state index contributed by atoms with van der Waals surface area (Å²) in [6.07, 6.45) is -0.0372. The van der Waals surface area contributed by atoms with Gasteiger partial charge in [0.05, 0.1) is 6.04 Å². The number of carboxylic acids is 1. The summed E-state index contributed by atoms with van der Waals surface area (Å²) in [5.74, 6) is -0.804. The lowest BCUT2D eigenvalue weighted by atomic mass is 10.0. The molecule has 1 unspecified atom stereocenters. The van der Waals surface area contributed by atoms with Crippen molar-refractivity contribution >= 4 is 22.8 Å². The van der Waals surface area contributed by atoms with Crippen molar-refractivity contribution in [1.82, 2.24) is 5.32 Å². The van der Waals surface area contributed by atoms with E-state index in [0.717, 1.165) is 10.9 Å². The van der Waals surface area contributed by atoms with Crippen molar-refractivity contribution in [2.24, 2.45) is 0 Å². The van der Waals surface area contributed by atoms with Gasteiger partial charge >= 0.3 is 12.1 Å². The second kappa shape index (κ2) is 9.51. The van der Waals surface area contributed by atoms with E-state index in [1.807, 2.05) is 48.5 Å². The molecule has 0 aromatic heterocycles. The Bertz CT molecular complexity index is 1060. The van der Waals surface area contributed by atoms with Crippen molar-refractivity contribution < 1.29 is 24.2 Å². The molecule has 0 aliphatic carbocycles. The van der Waals surface area contributed by atoms with E-state index < -0.39 is 23.7 Å². The number of carboxylic acid groups (broad SMARTS) is 1. The molecule has 0 bridgehead atoms. The molecule has 3 aromatic carbocycles. The van der Waals surface area contributed by atoms with E-state index in [1.165, 1.54) is 0 Å². The number of aromatic carboxylic acids is 1. The van der Waals surface area contributed by atoms with Crippen molar-refractivity contribution in [1.29, 1.82) is 0 Å². The van der Waals surface area contributed by atoms with Gasteiger partial charge < -0.3 is 19.9 Å². The first kappa shape index (κ1) is 22.2. The number of carbonyl (C=O) groups excluding carboxylic acids is 1. The molecule has 0 saturated heterocycles. The Kier molecular flexibility index (Phi) is 6.80. The van der Waals surface area contributed by atoms with Crippen LogP contribution in [0.4, 0.5) is 4.79 Å². The first-order chi connectivity index (χ1) is 14.7. The molecular formula is C25H27NO5. The third kappa shape index (κ3) is 6.22. The van der Waals surface area contributed by atoms with E-state index in [9.17, 15) is 14.7 Å². The average molecular weight is 421 g/mol. The minimum Gasteiger partial charge on any atom is -0.491 e. The predicted octanol–water partition coefficient (Wildman–Crippen LogP) is 5.05. The minimum atomic E-state index is -1.06. The van der Waals surface area contributed by atoms with E-state index >= 15 is 0 Å². The molecule has 0 aliphatic rings. The molecule has 3 aromatic rings. The van der Waals surface area contributed by atoms with E-state index in [2.05, 4.69) is 5.32 Å². The fraction of sp³-hybridized carbons (Fsp3) is 0.280. The molecule has 6 nitrogen and oxygen atoms in total. The van der Waals surface area contributed by atoms with Gasteiger partial charge in [0.15, 0.2) is 0 Å². The van der Waals surface area contributed by atoms with Crippen LogP contribution in [0.3, 0.4) is 0 Å². The molecule has 0 aliphatic heterocycles. The first-order valence-electron chi connectivity index (χ1n) is 10.1. The van der Waals surface area contributed by atoms with Crippen LogP contribution in [0.2, 0.25) is 0 Å². The van der Waals surface area contributed by atoms with Crippen LogP contribution in [0.5, 0.6) is 5.75 Å². The highest BCUT2D eigenvalue weighted by Crippen LogP contribution is 2.28. The summed E-state index contributed by atoms with van der Waals surface area (Å²) >= 11 is 0. The summed E-state index contributed by atoms with van der Waals surface area (Å²) in [6.45, 7) is 5.48. The first-order valence-corrected chi connectivity index (χ1v) is 10.1. The van der Waals surface area contributed by atoms with Gasteiger partial charge in [0.2, 0.25) is 0 Å². The van der Waals surface area contributed by atoms with Crippen LogP contribution in [0.15, 0.2) is 66.7 Å². The zero-order valence-electron chi connectivity index (χ0n) is 17.9. The SMILES string of the molecule is CC(C)(C)OC(=O)NC(COc1ccc2ccccc2c1C(=O)O)Cc1ccccc1. The standard InChI is InChI=1S/C25H27NO5/c1-25(2,3)31-24(29)26-19(15-17-9-5-4-6-10-17)16-30-21-14-13-18-11-7-8-12-20(18)22(21)23(27)28/h4-14,19H,15-16H2,1-3H3,(H,26,29)(H,27,28). The molecule has 0 fully saturated rings. The van der Waals surface area contributed by atoms with Crippen molar-refractivity contribution in [3.8, 4) is 5.75 Å². The Labute approximate surface area is 181 Å². The molecular weight excluding hydrogens is 394 g/mol. The Balaban J connectivity index is 1.81. The van der Waals surface area contributed by atoms with Gasteiger partial charge in [0.1, 0.15) is 23.5 Å². The molecule has 1 amide bonds. The summed E-state index contributed by atoms with van der Waals surface area (Å²) in [5.41, 5.74) is 0.495. The Morgan fingerprint density at radius 2 is 1.65 bits per heavy atom. The molecule has 6 heteroatoms. The van der Waals surface area contributed by atoms with Gasteiger partial charge in [-0.1, -0.05) is 60.7 Å². The average Bonchev–Trinajstić information content (AvgIpc) is 2.70. The zero-order valence-corrected chi connectivity index (χ0v) is 17.9. The topological polar surface area (TPSA) is 84.9 Å². The number of hydrogen-bond acceptors (Lipinski definition) is 4. The summed E-state index contributed by atoms with van der Waals surface area (Å²) in [5, 5.41) is 14.0. The number of alkyl carbamates (subject to hydrolysis) is 1. The number of amides is 1. The van der Waals surface area contributed by atoms with Crippen LogP contribution in [0.25, 0.3) is 10.8 Å². The molecule has 0 saturated carbocycles. The normalized spacial score (nSPS) is 12.2. The number of rotatable bonds is 7. The minimum absolute atomic E-state index is 0.0900. The summed E-state index contributed by atoms with van der Waals surface area (Å²) < 4.78 is 11.3. The van der Waals surface area contributed by atoms with Gasteiger partial charge in [-0.05, 0) is 49.6 Å². The van der Waals surface area contributed by atoms with Crippen LogP contribution in [-0.4, -0.2) is 35.4 Å². The molecule has 1 atom stereocenters. The highest BCUT2D eigenvalue weighted by atomic mass is 16.6. The van der Waals surface area contributed by atoms with Gasteiger partial charge in [0, 0.05) is 0 Å². The molecule has 162 valence electrons. The molecule has 0 radical (unpaired) electrons. The van der Waals surface area contributed by atoms with Crippen molar-refractivity contribution in [3.05, 3.63) is 77.9 Å².